The maximum atomic E-state index is 9.23. The molecule has 9 heavy (non-hydrogen) atoms. The molecule has 0 unspecified atom stereocenters. The molecule has 0 bridgehead atoms. The zero-order valence-corrected chi connectivity index (χ0v) is 5.51. The Morgan fingerprint density at radius 1 is 1.33 bits per heavy atom. The van der Waals surface area contributed by atoms with Gasteiger partial charge in [-0.25, -0.2) is 0 Å². The lowest BCUT2D eigenvalue weighted by molar-refractivity contribution is 0.0971. The summed E-state index contributed by atoms with van der Waals surface area (Å²) in [6.45, 7) is 0. The van der Waals surface area contributed by atoms with Gasteiger partial charge >= 0.3 is 0 Å². The highest BCUT2D eigenvalue weighted by atomic mass is 16.3. The van der Waals surface area contributed by atoms with Gasteiger partial charge in [-0.15, -0.1) is 12.3 Å². The lowest BCUT2D eigenvalue weighted by atomic mass is 9.87. The topological polar surface area (TPSA) is 20.2 Å². The van der Waals surface area contributed by atoms with Gasteiger partial charge in [-0.2, -0.15) is 0 Å². The molecule has 0 saturated heterocycles. The molecular formula is C8H12O. The molecule has 1 rings (SSSR count). The molecule has 1 fully saturated rings. The zero-order chi connectivity index (χ0) is 6.69. The summed E-state index contributed by atoms with van der Waals surface area (Å²) >= 11 is 0. The quantitative estimate of drug-likeness (QED) is 0.481. The fourth-order valence-electron chi connectivity index (χ4n) is 1.31. The standard InChI is InChI=1S/C8H12O/c1-2-7-5-3-4-6-8(7)9/h1,7-9H,3-6H2/t7-,8+/m0/s1. The van der Waals surface area contributed by atoms with Crippen LogP contribution in [0.15, 0.2) is 0 Å². The molecular weight excluding hydrogens is 112 g/mol. The smallest absolute Gasteiger partial charge is 0.0677 e. The molecule has 1 nitrogen and oxygen atoms in total. The van der Waals surface area contributed by atoms with Gasteiger partial charge in [0.05, 0.1) is 6.10 Å². The van der Waals surface area contributed by atoms with Gasteiger partial charge in [0.2, 0.25) is 0 Å². The molecule has 1 aliphatic rings. The van der Waals surface area contributed by atoms with Crippen LogP contribution in [0.25, 0.3) is 0 Å². The number of aliphatic hydroxyl groups excluding tert-OH is 1. The zero-order valence-electron chi connectivity index (χ0n) is 5.51. The van der Waals surface area contributed by atoms with Crippen molar-refractivity contribution in [1.82, 2.24) is 0 Å². The van der Waals surface area contributed by atoms with Gasteiger partial charge in [-0.3, -0.25) is 0 Å². The van der Waals surface area contributed by atoms with Gasteiger partial charge in [0, 0.05) is 5.92 Å². The molecule has 0 aliphatic heterocycles. The van der Waals surface area contributed by atoms with Crippen LogP contribution < -0.4 is 0 Å². The van der Waals surface area contributed by atoms with E-state index in [1.165, 1.54) is 6.42 Å². The third kappa shape index (κ3) is 1.46. The van der Waals surface area contributed by atoms with E-state index >= 15 is 0 Å². The number of hydrogen-bond acceptors (Lipinski definition) is 1. The Balaban J connectivity index is 2.41. The highest BCUT2D eigenvalue weighted by Gasteiger charge is 2.19. The fraction of sp³-hybridized carbons (Fsp3) is 0.750. The Bertz CT molecular complexity index is 123. The minimum Gasteiger partial charge on any atom is -0.392 e. The third-order valence-electron chi connectivity index (χ3n) is 1.94. The normalized spacial score (nSPS) is 35.6. The Morgan fingerprint density at radius 3 is 2.44 bits per heavy atom. The Labute approximate surface area is 56.1 Å². The highest BCUT2D eigenvalue weighted by molar-refractivity contribution is 4.98. The first kappa shape index (κ1) is 6.64. The SMILES string of the molecule is C#C[C@H]1CCCC[C@H]1O. The molecule has 0 aromatic heterocycles. The number of rotatable bonds is 0. The number of terminal acetylenes is 1. The average molecular weight is 124 g/mol. The van der Waals surface area contributed by atoms with Gasteiger partial charge in [0.15, 0.2) is 0 Å². The van der Waals surface area contributed by atoms with Crippen LogP contribution in [-0.2, 0) is 0 Å². The van der Waals surface area contributed by atoms with Crippen LogP contribution in [0.1, 0.15) is 25.7 Å². The van der Waals surface area contributed by atoms with Crippen molar-refractivity contribution in [2.24, 2.45) is 5.92 Å². The monoisotopic (exact) mass is 124 g/mol. The minimum atomic E-state index is -0.219. The first-order valence-corrected chi connectivity index (χ1v) is 3.49. The van der Waals surface area contributed by atoms with Gasteiger partial charge in [0.25, 0.3) is 0 Å². The largest absolute Gasteiger partial charge is 0.392 e. The van der Waals surface area contributed by atoms with Crippen LogP contribution in [0.2, 0.25) is 0 Å². The van der Waals surface area contributed by atoms with E-state index in [-0.39, 0.29) is 12.0 Å². The van der Waals surface area contributed by atoms with E-state index in [9.17, 15) is 5.11 Å². The van der Waals surface area contributed by atoms with Crippen molar-refractivity contribution < 1.29 is 5.11 Å². The van der Waals surface area contributed by atoms with Crippen LogP contribution >= 0.6 is 0 Å². The molecule has 1 aliphatic carbocycles. The Hall–Kier alpha value is -0.480. The molecule has 50 valence electrons. The molecule has 0 heterocycles. The van der Waals surface area contributed by atoms with E-state index < -0.39 is 0 Å². The van der Waals surface area contributed by atoms with E-state index in [4.69, 9.17) is 6.42 Å². The second kappa shape index (κ2) is 2.89. The third-order valence-corrected chi connectivity index (χ3v) is 1.94. The van der Waals surface area contributed by atoms with Crippen LogP contribution in [-0.4, -0.2) is 11.2 Å². The second-order valence-electron chi connectivity index (χ2n) is 2.62. The van der Waals surface area contributed by atoms with Crippen LogP contribution in [0.4, 0.5) is 0 Å². The van der Waals surface area contributed by atoms with Crippen molar-refractivity contribution in [3.05, 3.63) is 0 Å². The lowest BCUT2D eigenvalue weighted by Gasteiger charge is -2.22. The van der Waals surface area contributed by atoms with E-state index in [2.05, 4.69) is 5.92 Å². The summed E-state index contributed by atoms with van der Waals surface area (Å²) in [5.74, 6) is 2.74. The van der Waals surface area contributed by atoms with Crippen LogP contribution in [0.3, 0.4) is 0 Å². The predicted molar refractivity (Wildman–Crippen MR) is 36.8 cm³/mol. The average Bonchev–Trinajstić information content (AvgIpc) is 1.89. The van der Waals surface area contributed by atoms with Gasteiger partial charge in [0.1, 0.15) is 0 Å². The number of hydrogen-bond donors (Lipinski definition) is 1. The summed E-state index contributed by atoms with van der Waals surface area (Å²) in [6.07, 6.45) is 9.20. The molecule has 0 spiro atoms. The highest BCUT2D eigenvalue weighted by Crippen LogP contribution is 2.22. The Morgan fingerprint density at radius 2 is 2.00 bits per heavy atom. The van der Waals surface area contributed by atoms with Gasteiger partial charge in [-0.05, 0) is 12.8 Å². The summed E-state index contributed by atoms with van der Waals surface area (Å²) in [5, 5.41) is 9.23. The van der Waals surface area contributed by atoms with Crippen molar-refractivity contribution in [3.63, 3.8) is 0 Å². The van der Waals surface area contributed by atoms with Gasteiger partial charge < -0.3 is 5.11 Å². The maximum Gasteiger partial charge on any atom is 0.0677 e. The summed E-state index contributed by atoms with van der Waals surface area (Å²) < 4.78 is 0. The van der Waals surface area contributed by atoms with E-state index in [0.29, 0.717) is 0 Å². The van der Waals surface area contributed by atoms with Crippen LogP contribution in [0.5, 0.6) is 0 Å². The van der Waals surface area contributed by atoms with E-state index in [1.54, 1.807) is 0 Å². The fourth-order valence-corrected chi connectivity index (χ4v) is 1.31. The summed E-state index contributed by atoms with van der Waals surface area (Å²) in [5.41, 5.74) is 0. The van der Waals surface area contributed by atoms with E-state index in [1.807, 2.05) is 0 Å². The summed E-state index contributed by atoms with van der Waals surface area (Å²) in [6, 6.07) is 0. The van der Waals surface area contributed by atoms with Crippen molar-refractivity contribution in [2.45, 2.75) is 31.8 Å². The van der Waals surface area contributed by atoms with Crippen molar-refractivity contribution in [3.8, 4) is 12.3 Å². The minimum absolute atomic E-state index is 0.138. The molecule has 1 heteroatoms. The molecule has 0 amide bonds. The lowest BCUT2D eigenvalue weighted by Crippen LogP contribution is -2.22. The van der Waals surface area contributed by atoms with Crippen LogP contribution in [0, 0.1) is 18.3 Å². The Kier molecular flexibility index (Phi) is 2.13. The summed E-state index contributed by atoms with van der Waals surface area (Å²) in [4.78, 5) is 0. The predicted octanol–water partition coefficient (Wildman–Crippen LogP) is 1.17. The first-order valence-electron chi connectivity index (χ1n) is 3.49. The first-order chi connectivity index (χ1) is 4.34. The molecule has 0 aromatic carbocycles. The number of aliphatic hydroxyl groups is 1. The maximum absolute atomic E-state index is 9.23. The molecule has 1 saturated carbocycles. The van der Waals surface area contributed by atoms with E-state index in [0.717, 1.165) is 19.3 Å². The molecule has 2 atom stereocenters. The van der Waals surface area contributed by atoms with Crippen molar-refractivity contribution in [1.29, 1.82) is 0 Å². The second-order valence-corrected chi connectivity index (χ2v) is 2.62. The summed E-state index contributed by atoms with van der Waals surface area (Å²) in [7, 11) is 0. The molecule has 1 N–H and O–H groups in total. The van der Waals surface area contributed by atoms with Gasteiger partial charge in [-0.1, -0.05) is 12.8 Å². The van der Waals surface area contributed by atoms with Crippen molar-refractivity contribution in [2.75, 3.05) is 0 Å². The van der Waals surface area contributed by atoms with Crippen molar-refractivity contribution >= 4 is 0 Å². The molecule has 0 aromatic rings. The molecule has 0 radical (unpaired) electrons.